The van der Waals surface area contributed by atoms with Crippen LogP contribution in [0.5, 0.6) is 0 Å². The first-order chi connectivity index (χ1) is 10.1. The molecule has 1 aromatic carbocycles. The van der Waals surface area contributed by atoms with Crippen LogP contribution in [0.15, 0.2) is 52.2 Å². The number of carbonyl (C=O) groups excluding carboxylic acids is 1. The molecule has 0 fully saturated rings. The monoisotopic (exact) mass is 328 g/mol. The number of carbonyl (C=O) groups is 1. The molecule has 0 radical (unpaired) electrons. The Kier molecular flexibility index (Phi) is 6.16. The summed E-state index contributed by atoms with van der Waals surface area (Å²) in [6.07, 6.45) is 0.987. The second-order valence-corrected chi connectivity index (χ2v) is 17.8. The molecule has 0 aliphatic heterocycles. The molecular formula is C19H28OSi2. The van der Waals surface area contributed by atoms with Gasteiger partial charge in [0.1, 0.15) is 0 Å². The molecule has 0 heterocycles. The molecule has 0 amide bonds. The van der Waals surface area contributed by atoms with Crippen molar-refractivity contribution in [1.82, 2.24) is 0 Å². The Hall–Kier alpha value is -1.38. The predicted molar refractivity (Wildman–Crippen MR) is 102 cm³/mol. The number of allylic oxidation sites excluding steroid dienone is 2. The third kappa shape index (κ3) is 5.12. The van der Waals surface area contributed by atoms with Crippen molar-refractivity contribution in [3.63, 3.8) is 0 Å². The molecule has 1 nitrogen and oxygen atoms in total. The van der Waals surface area contributed by atoms with Gasteiger partial charge in [0.15, 0.2) is 5.78 Å². The zero-order valence-corrected chi connectivity index (χ0v) is 17.0. The molecule has 118 valence electrons. The first-order valence-corrected chi connectivity index (χ1v) is 14.9. The minimum absolute atomic E-state index is 0.110. The minimum Gasteiger partial charge on any atom is -0.289 e. The fourth-order valence-corrected chi connectivity index (χ4v) is 5.02. The summed E-state index contributed by atoms with van der Waals surface area (Å²) in [4.78, 5) is 12.8. The summed E-state index contributed by atoms with van der Waals surface area (Å²) in [6, 6.07) is 9.52. The van der Waals surface area contributed by atoms with Crippen molar-refractivity contribution < 1.29 is 4.79 Å². The second-order valence-electron chi connectivity index (χ2n) is 7.65. The molecule has 0 bridgehead atoms. The lowest BCUT2D eigenvalue weighted by Gasteiger charge is -2.18. The Morgan fingerprint density at radius 1 is 0.909 bits per heavy atom. The van der Waals surface area contributed by atoms with Gasteiger partial charge in [0.05, 0.1) is 16.1 Å². The van der Waals surface area contributed by atoms with E-state index in [9.17, 15) is 4.79 Å². The predicted octanol–water partition coefficient (Wildman–Crippen LogP) is 5.64. The van der Waals surface area contributed by atoms with E-state index in [1.54, 1.807) is 0 Å². The van der Waals surface area contributed by atoms with Crippen LogP contribution in [0.4, 0.5) is 0 Å². The summed E-state index contributed by atoms with van der Waals surface area (Å²) in [7, 11) is -3.17. The topological polar surface area (TPSA) is 17.1 Å². The number of ketones is 1. The number of hydrogen-bond donors (Lipinski definition) is 0. The average molecular weight is 329 g/mol. The van der Waals surface area contributed by atoms with E-state index >= 15 is 0 Å². The Labute approximate surface area is 137 Å². The SMILES string of the molecule is CCC(=C=C=C(C(=O)c1ccccc1)[Si](C)(C)C)[Si](C)(C)C. The molecule has 0 spiro atoms. The maximum Gasteiger partial charge on any atom is 0.193 e. The zero-order chi connectivity index (χ0) is 17.0. The molecule has 0 aromatic heterocycles. The minimum atomic E-state index is -1.78. The number of hydrogen-bond acceptors (Lipinski definition) is 1. The van der Waals surface area contributed by atoms with E-state index in [-0.39, 0.29) is 5.78 Å². The van der Waals surface area contributed by atoms with Crippen molar-refractivity contribution in [1.29, 1.82) is 0 Å². The molecule has 0 aliphatic rings. The van der Waals surface area contributed by atoms with Gasteiger partial charge < -0.3 is 0 Å². The lowest BCUT2D eigenvalue weighted by Crippen LogP contribution is -2.29. The van der Waals surface area contributed by atoms with Crippen LogP contribution in [0, 0.1) is 0 Å². The molecule has 0 saturated heterocycles. The maximum absolute atomic E-state index is 12.8. The third-order valence-electron chi connectivity index (χ3n) is 3.61. The highest BCUT2D eigenvalue weighted by Gasteiger charge is 2.27. The summed E-state index contributed by atoms with van der Waals surface area (Å²) in [5.74, 6) is 0.110. The molecule has 0 atom stereocenters. The van der Waals surface area contributed by atoms with E-state index < -0.39 is 16.1 Å². The van der Waals surface area contributed by atoms with Gasteiger partial charge in [-0.3, -0.25) is 4.79 Å². The highest BCUT2D eigenvalue weighted by molar-refractivity contribution is 6.87. The molecular weight excluding hydrogens is 300 g/mol. The molecule has 22 heavy (non-hydrogen) atoms. The number of benzene rings is 1. The van der Waals surface area contributed by atoms with Gasteiger partial charge in [-0.15, -0.1) is 0 Å². The van der Waals surface area contributed by atoms with Gasteiger partial charge in [-0.1, -0.05) is 88.0 Å². The van der Waals surface area contributed by atoms with Crippen molar-refractivity contribution in [2.45, 2.75) is 52.6 Å². The summed E-state index contributed by atoms with van der Waals surface area (Å²) < 4.78 is 0. The maximum atomic E-state index is 12.8. The Bertz CT molecular complexity index is 630. The summed E-state index contributed by atoms with van der Waals surface area (Å²) in [6.45, 7) is 15.7. The molecule has 0 aliphatic carbocycles. The van der Waals surface area contributed by atoms with E-state index in [2.05, 4.69) is 57.7 Å². The second kappa shape index (κ2) is 7.26. The van der Waals surface area contributed by atoms with Gasteiger partial charge in [-0.25, -0.2) is 0 Å². The van der Waals surface area contributed by atoms with E-state index in [1.165, 1.54) is 5.20 Å². The summed E-state index contributed by atoms with van der Waals surface area (Å²) >= 11 is 0. The molecule has 1 rings (SSSR count). The van der Waals surface area contributed by atoms with Gasteiger partial charge in [-0.2, -0.15) is 0 Å². The lowest BCUT2D eigenvalue weighted by atomic mass is 10.1. The van der Waals surface area contributed by atoms with Crippen LogP contribution in [-0.4, -0.2) is 21.9 Å². The smallest absolute Gasteiger partial charge is 0.193 e. The van der Waals surface area contributed by atoms with Crippen LogP contribution >= 0.6 is 0 Å². The van der Waals surface area contributed by atoms with E-state index in [0.29, 0.717) is 0 Å². The van der Waals surface area contributed by atoms with Crippen LogP contribution in [0.2, 0.25) is 39.3 Å². The standard InChI is InChI=1S/C19H28OSi2/c1-8-17(21(2,3)4)14-15-18(22(5,6)7)19(20)16-12-10-9-11-13-16/h9-13H,8H2,1-7H3. The van der Waals surface area contributed by atoms with E-state index in [0.717, 1.165) is 17.2 Å². The molecule has 1 aromatic rings. The van der Waals surface area contributed by atoms with Gasteiger partial charge in [0, 0.05) is 10.8 Å². The molecule has 0 unspecified atom stereocenters. The first kappa shape index (κ1) is 18.7. The van der Waals surface area contributed by atoms with Crippen molar-refractivity contribution in [2.75, 3.05) is 0 Å². The van der Waals surface area contributed by atoms with Gasteiger partial charge >= 0.3 is 0 Å². The van der Waals surface area contributed by atoms with Gasteiger partial charge in [-0.05, 0) is 11.6 Å². The Balaban J connectivity index is 3.53. The lowest BCUT2D eigenvalue weighted by molar-refractivity contribution is 0.104. The molecule has 0 N–H and O–H groups in total. The van der Waals surface area contributed by atoms with Crippen LogP contribution in [0.25, 0.3) is 0 Å². The zero-order valence-electron chi connectivity index (χ0n) is 15.0. The Morgan fingerprint density at radius 3 is 1.86 bits per heavy atom. The quantitative estimate of drug-likeness (QED) is 0.296. The van der Waals surface area contributed by atoms with Crippen molar-refractivity contribution >= 4 is 21.9 Å². The van der Waals surface area contributed by atoms with Crippen LogP contribution in [0.1, 0.15) is 23.7 Å². The third-order valence-corrected chi connectivity index (χ3v) is 7.75. The summed E-state index contributed by atoms with van der Waals surface area (Å²) in [5.41, 5.74) is 7.41. The van der Waals surface area contributed by atoms with Crippen molar-refractivity contribution in [2.24, 2.45) is 0 Å². The fraction of sp³-hybridized carbons (Fsp3) is 0.421. The van der Waals surface area contributed by atoms with Crippen molar-refractivity contribution in [3.05, 3.63) is 57.8 Å². The fourth-order valence-electron chi connectivity index (χ4n) is 2.26. The summed E-state index contributed by atoms with van der Waals surface area (Å²) in [5, 5.41) is 2.17. The molecule has 3 heteroatoms. The van der Waals surface area contributed by atoms with Crippen LogP contribution < -0.4 is 0 Å². The first-order valence-electron chi connectivity index (χ1n) is 7.93. The van der Waals surface area contributed by atoms with E-state index in [1.807, 2.05) is 30.3 Å². The average Bonchev–Trinajstić information content (AvgIpc) is 2.41. The Morgan fingerprint density at radius 2 is 1.45 bits per heavy atom. The number of rotatable bonds is 5. The van der Waals surface area contributed by atoms with Crippen LogP contribution in [-0.2, 0) is 0 Å². The largest absolute Gasteiger partial charge is 0.289 e. The highest BCUT2D eigenvalue weighted by atomic mass is 28.3. The van der Waals surface area contributed by atoms with Crippen LogP contribution in [0.3, 0.4) is 0 Å². The van der Waals surface area contributed by atoms with Gasteiger partial charge in [0.2, 0.25) is 0 Å². The molecule has 0 saturated carbocycles. The van der Waals surface area contributed by atoms with Crippen molar-refractivity contribution in [3.8, 4) is 0 Å². The van der Waals surface area contributed by atoms with E-state index in [4.69, 9.17) is 0 Å². The normalized spacial score (nSPS) is 11.4. The number of Topliss-reactive ketones (excluding diaryl/α,β-unsaturated/α-hetero) is 1. The van der Waals surface area contributed by atoms with Gasteiger partial charge in [0.25, 0.3) is 0 Å². The highest BCUT2D eigenvalue weighted by Crippen LogP contribution is 2.20.